The van der Waals surface area contributed by atoms with Crippen molar-refractivity contribution in [2.45, 2.75) is 37.6 Å². The van der Waals surface area contributed by atoms with E-state index in [2.05, 4.69) is 10.0 Å². The number of rotatable bonds is 6. The molecule has 0 unspecified atom stereocenters. The molecule has 0 heterocycles. The van der Waals surface area contributed by atoms with Crippen molar-refractivity contribution in [1.29, 1.82) is 0 Å². The van der Waals surface area contributed by atoms with Crippen molar-refractivity contribution in [1.82, 2.24) is 10.0 Å². The number of hydrogen-bond acceptors (Lipinski definition) is 3. The second-order valence-electron chi connectivity index (χ2n) is 5.86. The van der Waals surface area contributed by atoms with Gasteiger partial charge in [-0.05, 0) is 37.4 Å². The van der Waals surface area contributed by atoms with Gasteiger partial charge in [-0.3, -0.25) is 0 Å². The molecule has 1 aliphatic rings. The smallest absolute Gasteiger partial charge is 0.243 e. The molecule has 0 amide bonds. The Morgan fingerprint density at radius 2 is 1.95 bits per heavy atom. The zero-order valence-electron chi connectivity index (χ0n) is 12.2. The number of sulfonamides is 1. The van der Waals surface area contributed by atoms with Gasteiger partial charge >= 0.3 is 0 Å². The van der Waals surface area contributed by atoms with Crippen LogP contribution in [-0.2, 0) is 16.6 Å². The second-order valence-corrected chi connectivity index (χ2v) is 7.59. The Kier molecular flexibility index (Phi) is 4.65. The first-order valence-electron chi connectivity index (χ1n) is 6.90. The van der Waals surface area contributed by atoms with Gasteiger partial charge in [0.15, 0.2) is 5.82 Å². The molecule has 0 aromatic heterocycles. The lowest BCUT2D eigenvalue weighted by molar-refractivity contribution is 0.166. The van der Waals surface area contributed by atoms with Crippen molar-refractivity contribution in [2.24, 2.45) is 5.41 Å². The first-order chi connectivity index (χ1) is 9.79. The maximum Gasteiger partial charge on any atom is 0.243 e. The molecule has 7 heteroatoms. The molecule has 118 valence electrons. The summed E-state index contributed by atoms with van der Waals surface area (Å²) in [7, 11) is -2.44. The fraction of sp³-hybridized carbons (Fsp3) is 0.571. The molecule has 21 heavy (non-hydrogen) atoms. The molecule has 4 nitrogen and oxygen atoms in total. The molecule has 0 spiro atoms. The van der Waals surface area contributed by atoms with Crippen molar-refractivity contribution in [3.05, 3.63) is 29.3 Å². The van der Waals surface area contributed by atoms with E-state index in [-0.39, 0.29) is 24.1 Å². The lowest BCUT2D eigenvalue weighted by Crippen LogP contribution is -2.40. The Hall–Kier alpha value is -1.05. The minimum Gasteiger partial charge on any atom is -0.315 e. The van der Waals surface area contributed by atoms with Crippen LogP contribution in [0, 0.1) is 17.0 Å². The molecule has 0 radical (unpaired) electrons. The van der Waals surface area contributed by atoms with Crippen LogP contribution >= 0.6 is 0 Å². The molecule has 1 fully saturated rings. The quantitative estimate of drug-likeness (QED) is 0.845. The van der Waals surface area contributed by atoms with Gasteiger partial charge in [0.1, 0.15) is 10.7 Å². The summed E-state index contributed by atoms with van der Waals surface area (Å²) < 4.78 is 54.6. The van der Waals surface area contributed by atoms with E-state index in [1.54, 1.807) is 0 Å². The SMILES string of the molecule is CNCc1c(F)ccc(S(=O)(=O)NCC2(C)CCC2)c1F. The Morgan fingerprint density at radius 1 is 1.29 bits per heavy atom. The molecule has 1 aliphatic carbocycles. The zero-order valence-corrected chi connectivity index (χ0v) is 13.0. The molecular weight excluding hydrogens is 298 g/mol. The number of halogens is 2. The first-order valence-corrected chi connectivity index (χ1v) is 8.38. The normalized spacial score (nSPS) is 17.5. The van der Waals surface area contributed by atoms with Crippen molar-refractivity contribution >= 4 is 10.0 Å². The third-order valence-corrected chi connectivity index (χ3v) is 5.46. The number of benzene rings is 1. The first kappa shape index (κ1) is 16.3. The molecule has 2 rings (SSSR count). The molecule has 1 aromatic carbocycles. The Bertz CT molecular complexity index is 628. The van der Waals surface area contributed by atoms with Crippen molar-refractivity contribution < 1.29 is 17.2 Å². The van der Waals surface area contributed by atoms with Gasteiger partial charge in [-0.25, -0.2) is 21.9 Å². The van der Waals surface area contributed by atoms with E-state index in [9.17, 15) is 17.2 Å². The lowest BCUT2D eigenvalue weighted by atomic mass is 9.71. The molecule has 0 saturated heterocycles. The van der Waals surface area contributed by atoms with Crippen molar-refractivity contribution in [3.63, 3.8) is 0 Å². The molecule has 0 bridgehead atoms. The highest BCUT2D eigenvalue weighted by molar-refractivity contribution is 7.89. The molecule has 1 aromatic rings. The van der Waals surface area contributed by atoms with Crippen molar-refractivity contribution in [3.8, 4) is 0 Å². The Morgan fingerprint density at radius 3 is 2.48 bits per heavy atom. The van der Waals surface area contributed by atoms with Gasteiger partial charge in [0, 0.05) is 18.7 Å². The number of hydrogen-bond donors (Lipinski definition) is 2. The molecule has 0 aliphatic heterocycles. The van der Waals surface area contributed by atoms with Crippen LogP contribution in [0.25, 0.3) is 0 Å². The van der Waals surface area contributed by atoms with Gasteiger partial charge in [0.2, 0.25) is 10.0 Å². The van der Waals surface area contributed by atoms with E-state index in [1.165, 1.54) is 7.05 Å². The number of nitrogens with one attached hydrogen (secondary N) is 2. The summed E-state index contributed by atoms with van der Waals surface area (Å²) in [6.45, 7) is 2.19. The Balaban J connectivity index is 2.25. The highest BCUT2D eigenvalue weighted by atomic mass is 32.2. The maximum atomic E-state index is 14.2. The van der Waals surface area contributed by atoms with E-state index in [4.69, 9.17) is 0 Å². The summed E-state index contributed by atoms with van der Waals surface area (Å²) in [6, 6.07) is 1.95. The fourth-order valence-electron chi connectivity index (χ4n) is 2.43. The summed E-state index contributed by atoms with van der Waals surface area (Å²) in [6.07, 6.45) is 2.98. The summed E-state index contributed by atoms with van der Waals surface area (Å²) in [5.41, 5.74) is -0.326. The molecular formula is C14H20F2N2O2S. The third kappa shape index (κ3) is 3.41. The monoisotopic (exact) mass is 318 g/mol. The highest BCUT2D eigenvalue weighted by Crippen LogP contribution is 2.39. The predicted molar refractivity (Wildman–Crippen MR) is 76.3 cm³/mol. The summed E-state index contributed by atoms with van der Waals surface area (Å²) >= 11 is 0. The van der Waals surface area contributed by atoms with Gasteiger partial charge in [-0.15, -0.1) is 0 Å². The Labute approximate surface area is 124 Å². The average molecular weight is 318 g/mol. The summed E-state index contributed by atoms with van der Waals surface area (Å²) in [4.78, 5) is -0.503. The van der Waals surface area contributed by atoms with E-state index in [0.29, 0.717) is 0 Å². The van der Waals surface area contributed by atoms with Crippen LogP contribution in [0.2, 0.25) is 0 Å². The highest BCUT2D eigenvalue weighted by Gasteiger charge is 2.33. The predicted octanol–water partition coefficient (Wildman–Crippen LogP) is 2.15. The zero-order chi connectivity index (χ0) is 15.7. The fourth-order valence-corrected chi connectivity index (χ4v) is 3.73. The largest absolute Gasteiger partial charge is 0.315 e. The van der Waals surface area contributed by atoms with Crippen LogP contribution in [0.15, 0.2) is 17.0 Å². The average Bonchev–Trinajstić information content (AvgIpc) is 2.39. The van der Waals surface area contributed by atoms with E-state index in [0.717, 1.165) is 31.4 Å². The topological polar surface area (TPSA) is 58.2 Å². The van der Waals surface area contributed by atoms with E-state index >= 15 is 0 Å². The maximum absolute atomic E-state index is 14.2. The summed E-state index contributed by atoms with van der Waals surface area (Å²) in [5, 5.41) is 2.62. The molecule has 1 saturated carbocycles. The second kappa shape index (κ2) is 5.98. The van der Waals surface area contributed by atoms with Crippen LogP contribution in [0.3, 0.4) is 0 Å². The van der Waals surface area contributed by atoms with Crippen LogP contribution in [0.4, 0.5) is 8.78 Å². The molecule has 0 atom stereocenters. The van der Waals surface area contributed by atoms with E-state index in [1.807, 2.05) is 6.92 Å². The third-order valence-electron chi connectivity index (χ3n) is 4.04. The minimum absolute atomic E-state index is 0.0582. The summed E-state index contributed by atoms with van der Waals surface area (Å²) in [5.74, 6) is -1.79. The van der Waals surface area contributed by atoms with Crippen LogP contribution in [-0.4, -0.2) is 22.0 Å². The van der Waals surface area contributed by atoms with Gasteiger partial charge in [-0.2, -0.15) is 0 Å². The van der Waals surface area contributed by atoms with Gasteiger partial charge in [0.25, 0.3) is 0 Å². The minimum atomic E-state index is -3.98. The van der Waals surface area contributed by atoms with Crippen LogP contribution in [0.1, 0.15) is 31.7 Å². The van der Waals surface area contributed by atoms with Crippen LogP contribution < -0.4 is 10.0 Å². The van der Waals surface area contributed by atoms with E-state index < -0.39 is 26.6 Å². The van der Waals surface area contributed by atoms with Gasteiger partial charge in [-0.1, -0.05) is 13.3 Å². The van der Waals surface area contributed by atoms with Crippen molar-refractivity contribution in [2.75, 3.05) is 13.6 Å². The standard InChI is InChI=1S/C14H20F2N2O2S/c1-14(6-3-7-14)9-18-21(19,20)12-5-4-11(15)10(8-17-2)13(12)16/h4-5,17-18H,3,6-9H2,1-2H3. The van der Waals surface area contributed by atoms with Gasteiger partial charge in [0.05, 0.1) is 0 Å². The van der Waals surface area contributed by atoms with Crippen LogP contribution in [0.5, 0.6) is 0 Å². The molecule has 2 N–H and O–H groups in total. The van der Waals surface area contributed by atoms with Gasteiger partial charge < -0.3 is 5.32 Å². The lowest BCUT2D eigenvalue weighted by Gasteiger charge is -2.38.